The summed E-state index contributed by atoms with van der Waals surface area (Å²) in [7, 11) is 0. The zero-order chi connectivity index (χ0) is 13.5. The summed E-state index contributed by atoms with van der Waals surface area (Å²) in [4.78, 5) is 3.28. The molecule has 18 heavy (non-hydrogen) atoms. The molecule has 4 nitrogen and oxygen atoms in total. The monoisotopic (exact) mass is 284 g/mol. The van der Waals surface area contributed by atoms with E-state index in [1.165, 1.54) is 0 Å². The first-order chi connectivity index (χ1) is 8.39. The van der Waals surface area contributed by atoms with Crippen LogP contribution in [0.5, 0.6) is 0 Å². The summed E-state index contributed by atoms with van der Waals surface area (Å²) in [5.41, 5.74) is 3.19. The lowest BCUT2D eigenvalue weighted by Gasteiger charge is -2.22. The predicted molar refractivity (Wildman–Crippen MR) is 80.9 cm³/mol. The van der Waals surface area contributed by atoms with E-state index in [9.17, 15) is 0 Å². The molecule has 0 atom stereocenters. The normalized spacial score (nSPS) is 12.5. The van der Waals surface area contributed by atoms with Crippen LogP contribution in [0.4, 0.5) is 0 Å². The van der Waals surface area contributed by atoms with E-state index >= 15 is 0 Å². The molecule has 2 aromatic rings. The zero-order valence-electron chi connectivity index (χ0n) is 11.6. The Bertz CT molecular complexity index is 618. The minimum atomic E-state index is 0.157. The standard InChI is InChI=1S/C12H20N4S2/c1-6-16-10-9(8(2)14-16)13-11(17)15(10)7-12(3,4)18-5/h6-7H2,1-5H3,(H,13,17). The number of imidazole rings is 1. The minimum Gasteiger partial charge on any atom is -0.328 e. The van der Waals surface area contributed by atoms with Crippen LogP contribution >= 0.6 is 24.0 Å². The molecular formula is C12H20N4S2. The highest BCUT2D eigenvalue weighted by atomic mass is 32.2. The van der Waals surface area contributed by atoms with Crippen LogP contribution in [0.3, 0.4) is 0 Å². The maximum atomic E-state index is 5.45. The second kappa shape index (κ2) is 4.74. The van der Waals surface area contributed by atoms with Gasteiger partial charge in [0, 0.05) is 17.8 Å². The molecule has 2 rings (SSSR count). The van der Waals surface area contributed by atoms with Crippen LogP contribution in [0, 0.1) is 11.7 Å². The van der Waals surface area contributed by atoms with E-state index in [0.29, 0.717) is 0 Å². The molecule has 0 aromatic carbocycles. The van der Waals surface area contributed by atoms with Crippen molar-refractivity contribution in [3.63, 3.8) is 0 Å². The largest absolute Gasteiger partial charge is 0.328 e. The number of rotatable bonds is 4. The SMILES string of the molecule is CCn1nc(C)c2[nH]c(=S)n(CC(C)(C)SC)c21. The minimum absolute atomic E-state index is 0.157. The molecule has 2 heterocycles. The van der Waals surface area contributed by atoms with Gasteiger partial charge in [0.05, 0.1) is 5.69 Å². The van der Waals surface area contributed by atoms with Gasteiger partial charge in [-0.25, -0.2) is 4.68 Å². The fourth-order valence-corrected chi connectivity index (χ4v) is 2.58. The summed E-state index contributed by atoms with van der Waals surface area (Å²) < 4.78 is 5.14. The third kappa shape index (κ3) is 2.23. The maximum absolute atomic E-state index is 5.45. The van der Waals surface area contributed by atoms with Crippen LogP contribution in [0.1, 0.15) is 26.5 Å². The second-order valence-electron chi connectivity index (χ2n) is 5.08. The summed E-state index contributed by atoms with van der Waals surface area (Å²) in [6.07, 6.45) is 2.13. The van der Waals surface area contributed by atoms with Crippen molar-refractivity contribution in [2.45, 2.75) is 45.5 Å². The number of hydrogen-bond acceptors (Lipinski definition) is 3. The molecular weight excluding hydrogens is 264 g/mol. The van der Waals surface area contributed by atoms with Gasteiger partial charge in [-0.2, -0.15) is 16.9 Å². The average molecular weight is 284 g/mol. The van der Waals surface area contributed by atoms with Crippen molar-refractivity contribution in [1.29, 1.82) is 0 Å². The van der Waals surface area contributed by atoms with Crippen LogP contribution in [-0.4, -0.2) is 30.3 Å². The number of aryl methyl sites for hydroxylation is 2. The number of aromatic amines is 1. The van der Waals surface area contributed by atoms with E-state index in [1.807, 2.05) is 23.4 Å². The van der Waals surface area contributed by atoms with Crippen LogP contribution < -0.4 is 0 Å². The van der Waals surface area contributed by atoms with E-state index in [4.69, 9.17) is 12.2 Å². The Morgan fingerprint density at radius 1 is 1.44 bits per heavy atom. The molecule has 0 amide bonds. The van der Waals surface area contributed by atoms with Crippen molar-refractivity contribution in [3.05, 3.63) is 10.5 Å². The van der Waals surface area contributed by atoms with Crippen molar-refractivity contribution in [2.24, 2.45) is 0 Å². The lowest BCUT2D eigenvalue weighted by Crippen LogP contribution is -2.23. The number of fused-ring (bicyclic) bond motifs is 1. The van der Waals surface area contributed by atoms with Gasteiger partial charge in [0.15, 0.2) is 10.4 Å². The molecule has 0 bridgehead atoms. The van der Waals surface area contributed by atoms with Gasteiger partial charge in [-0.3, -0.25) is 0 Å². The molecule has 2 aromatic heterocycles. The summed E-state index contributed by atoms with van der Waals surface area (Å²) in [6, 6.07) is 0. The quantitative estimate of drug-likeness (QED) is 0.875. The highest BCUT2D eigenvalue weighted by Crippen LogP contribution is 2.26. The van der Waals surface area contributed by atoms with Crippen LogP contribution in [-0.2, 0) is 13.1 Å². The van der Waals surface area contributed by atoms with Gasteiger partial charge >= 0.3 is 0 Å². The van der Waals surface area contributed by atoms with Crippen molar-refractivity contribution in [2.75, 3.05) is 6.26 Å². The highest BCUT2D eigenvalue weighted by Gasteiger charge is 2.21. The number of nitrogens with one attached hydrogen (secondary N) is 1. The van der Waals surface area contributed by atoms with E-state index in [2.05, 4.69) is 41.7 Å². The van der Waals surface area contributed by atoms with Gasteiger partial charge in [0.2, 0.25) is 0 Å². The molecule has 0 radical (unpaired) electrons. The highest BCUT2D eigenvalue weighted by molar-refractivity contribution is 7.99. The Hall–Kier alpha value is -0.750. The maximum Gasteiger partial charge on any atom is 0.179 e. The molecule has 0 unspecified atom stereocenters. The molecule has 0 aliphatic carbocycles. The third-order valence-corrected chi connectivity index (χ3v) is 4.78. The predicted octanol–water partition coefficient (Wildman–Crippen LogP) is 3.37. The molecule has 100 valence electrons. The fourth-order valence-electron chi connectivity index (χ4n) is 2.07. The smallest absolute Gasteiger partial charge is 0.179 e. The van der Waals surface area contributed by atoms with E-state index in [0.717, 1.165) is 34.7 Å². The molecule has 0 aliphatic heterocycles. The van der Waals surface area contributed by atoms with Crippen LogP contribution in [0.2, 0.25) is 0 Å². The van der Waals surface area contributed by atoms with E-state index in [1.54, 1.807) is 0 Å². The molecule has 0 spiro atoms. The first-order valence-electron chi connectivity index (χ1n) is 6.10. The molecule has 0 fully saturated rings. The molecule has 0 saturated heterocycles. The number of aromatic nitrogens is 4. The average Bonchev–Trinajstić information content (AvgIpc) is 2.79. The lowest BCUT2D eigenvalue weighted by atomic mass is 10.2. The Kier molecular flexibility index (Phi) is 3.60. The van der Waals surface area contributed by atoms with Gasteiger partial charge in [0.25, 0.3) is 0 Å². The van der Waals surface area contributed by atoms with Crippen LogP contribution in [0.25, 0.3) is 11.2 Å². The Morgan fingerprint density at radius 3 is 2.67 bits per heavy atom. The zero-order valence-corrected chi connectivity index (χ0v) is 13.2. The lowest BCUT2D eigenvalue weighted by molar-refractivity contribution is 0.553. The molecule has 0 saturated carbocycles. The number of thioether (sulfide) groups is 1. The van der Waals surface area contributed by atoms with Crippen molar-refractivity contribution < 1.29 is 0 Å². The summed E-state index contributed by atoms with van der Waals surface area (Å²) in [5, 5.41) is 4.54. The second-order valence-corrected chi connectivity index (χ2v) is 6.98. The summed E-state index contributed by atoms with van der Waals surface area (Å²) >= 11 is 7.30. The molecule has 1 N–H and O–H groups in total. The fraction of sp³-hybridized carbons (Fsp3) is 0.667. The van der Waals surface area contributed by atoms with Gasteiger partial charge in [-0.15, -0.1) is 0 Å². The molecule has 6 heteroatoms. The van der Waals surface area contributed by atoms with Gasteiger partial charge in [-0.1, -0.05) is 0 Å². The first-order valence-corrected chi connectivity index (χ1v) is 7.74. The van der Waals surface area contributed by atoms with Gasteiger partial charge in [0.1, 0.15) is 5.52 Å². The third-order valence-electron chi connectivity index (χ3n) is 3.22. The van der Waals surface area contributed by atoms with Crippen molar-refractivity contribution in [1.82, 2.24) is 19.3 Å². The topological polar surface area (TPSA) is 38.5 Å². The van der Waals surface area contributed by atoms with Crippen LogP contribution in [0.15, 0.2) is 0 Å². The summed E-state index contributed by atoms with van der Waals surface area (Å²) in [5.74, 6) is 0. The number of hydrogen-bond donors (Lipinski definition) is 1. The first kappa shape index (κ1) is 13.7. The Balaban J connectivity index is 2.62. The Labute approximate surface area is 117 Å². The van der Waals surface area contributed by atoms with Gasteiger partial charge < -0.3 is 9.55 Å². The number of nitrogens with zero attached hydrogens (tertiary/aromatic N) is 3. The summed E-state index contributed by atoms with van der Waals surface area (Å²) in [6.45, 7) is 10.3. The van der Waals surface area contributed by atoms with Crippen molar-refractivity contribution in [3.8, 4) is 0 Å². The van der Waals surface area contributed by atoms with Gasteiger partial charge in [-0.05, 0) is 46.2 Å². The van der Waals surface area contributed by atoms with Crippen molar-refractivity contribution >= 4 is 35.1 Å². The molecule has 0 aliphatic rings. The Morgan fingerprint density at radius 2 is 2.11 bits per heavy atom. The van der Waals surface area contributed by atoms with E-state index < -0.39 is 0 Å². The number of H-pyrrole nitrogens is 1. The van der Waals surface area contributed by atoms with E-state index in [-0.39, 0.29) is 4.75 Å².